The van der Waals surface area contributed by atoms with Crippen molar-refractivity contribution in [2.24, 2.45) is 0 Å². The number of thiophene rings is 2. The van der Waals surface area contributed by atoms with E-state index in [4.69, 9.17) is 9.47 Å². The molecule has 0 N–H and O–H groups in total. The molecule has 0 bridgehead atoms. The summed E-state index contributed by atoms with van der Waals surface area (Å²) < 4.78 is 10.5. The summed E-state index contributed by atoms with van der Waals surface area (Å²) >= 11 is 3.11. The number of benzene rings is 1. The zero-order chi connectivity index (χ0) is 20.1. The van der Waals surface area contributed by atoms with Crippen molar-refractivity contribution in [3.8, 4) is 5.75 Å². The molecule has 5 nitrogen and oxygen atoms in total. The maximum Gasteiger partial charge on any atom is 0.339 e. The lowest BCUT2D eigenvalue weighted by molar-refractivity contribution is -0.121. The molecule has 2 aromatic heterocycles. The maximum absolute atomic E-state index is 12.9. The highest BCUT2D eigenvalue weighted by atomic mass is 32.1. The zero-order valence-corrected chi connectivity index (χ0v) is 17.6. The Morgan fingerprint density at radius 2 is 1.86 bits per heavy atom. The highest BCUT2D eigenvalue weighted by molar-refractivity contribution is 7.12. The van der Waals surface area contributed by atoms with Gasteiger partial charge in [-0.2, -0.15) is 0 Å². The summed E-state index contributed by atoms with van der Waals surface area (Å²) in [5.74, 6) is -0.0421. The standard InChI is InChI=1S/C21H21NO4S2/c1-14-11-19(15(2)28-14)21(24)26-13-20(23)22(12-18-5-4-10-27-18)16-6-8-17(25-3)9-7-16/h4-11H,12-13H2,1-3H3. The summed E-state index contributed by atoms with van der Waals surface area (Å²) in [6, 6.07) is 12.9. The molecule has 7 heteroatoms. The molecule has 28 heavy (non-hydrogen) atoms. The minimum Gasteiger partial charge on any atom is -0.497 e. The first-order valence-electron chi connectivity index (χ1n) is 8.69. The lowest BCUT2D eigenvalue weighted by Crippen LogP contribution is -2.34. The summed E-state index contributed by atoms with van der Waals surface area (Å²) in [6.07, 6.45) is 0. The van der Waals surface area contributed by atoms with Gasteiger partial charge in [-0.1, -0.05) is 6.07 Å². The van der Waals surface area contributed by atoms with Gasteiger partial charge in [-0.25, -0.2) is 4.79 Å². The lowest BCUT2D eigenvalue weighted by Gasteiger charge is -2.22. The van der Waals surface area contributed by atoms with E-state index in [9.17, 15) is 9.59 Å². The second-order valence-electron chi connectivity index (χ2n) is 6.16. The predicted molar refractivity (Wildman–Crippen MR) is 113 cm³/mol. The number of hydrogen-bond donors (Lipinski definition) is 0. The van der Waals surface area contributed by atoms with Crippen molar-refractivity contribution in [1.29, 1.82) is 0 Å². The number of nitrogens with zero attached hydrogens (tertiary/aromatic N) is 1. The van der Waals surface area contributed by atoms with Crippen LogP contribution >= 0.6 is 22.7 Å². The molecule has 0 radical (unpaired) electrons. The molecular weight excluding hydrogens is 394 g/mol. The molecule has 0 atom stereocenters. The fraction of sp³-hybridized carbons (Fsp3) is 0.238. The fourth-order valence-corrected chi connectivity index (χ4v) is 4.37. The molecular formula is C21H21NO4S2. The van der Waals surface area contributed by atoms with Gasteiger partial charge in [-0.05, 0) is 55.6 Å². The molecule has 1 amide bonds. The Morgan fingerprint density at radius 3 is 2.43 bits per heavy atom. The minimum absolute atomic E-state index is 0.281. The fourth-order valence-electron chi connectivity index (χ4n) is 2.76. The van der Waals surface area contributed by atoms with Gasteiger partial charge in [0.15, 0.2) is 6.61 Å². The molecule has 3 rings (SSSR count). The van der Waals surface area contributed by atoms with E-state index in [2.05, 4.69) is 0 Å². The quantitative estimate of drug-likeness (QED) is 0.519. The van der Waals surface area contributed by atoms with Crippen molar-refractivity contribution < 1.29 is 19.1 Å². The van der Waals surface area contributed by atoms with Gasteiger partial charge in [0, 0.05) is 20.3 Å². The van der Waals surface area contributed by atoms with E-state index in [-0.39, 0.29) is 12.5 Å². The van der Waals surface area contributed by atoms with Crippen LogP contribution in [0.1, 0.15) is 25.0 Å². The largest absolute Gasteiger partial charge is 0.497 e. The SMILES string of the molecule is COc1ccc(N(Cc2cccs2)C(=O)COC(=O)c2cc(C)sc2C)cc1. The van der Waals surface area contributed by atoms with Crippen LogP contribution in [0.25, 0.3) is 0 Å². The number of rotatable bonds is 7. The first-order chi connectivity index (χ1) is 13.5. The van der Waals surface area contributed by atoms with Crippen molar-refractivity contribution in [3.05, 3.63) is 68.0 Å². The van der Waals surface area contributed by atoms with E-state index in [1.807, 2.05) is 43.5 Å². The smallest absolute Gasteiger partial charge is 0.339 e. The number of anilines is 1. The minimum atomic E-state index is -0.471. The number of ether oxygens (including phenoxy) is 2. The predicted octanol–water partition coefficient (Wildman–Crippen LogP) is 4.83. The molecule has 0 saturated carbocycles. The van der Waals surface area contributed by atoms with Crippen molar-refractivity contribution in [1.82, 2.24) is 0 Å². The van der Waals surface area contributed by atoms with Crippen LogP contribution in [0.3, 0.4) is 0 Å². The topological polar surface area (TPSA) is 55.8 Å². The van der Waals surface area contributed by atoms with Crippen LogP contribution in [-0.4, -0.2) is 25.6 Å². The maximum atomic E-state index is 12.9. The van der Waals surface area contributed by atoms with Crippen molar-refractivity contribution in [2.75, 3.05) is 18.6 Å². The highest BCUT2D eigenvalue weighted by Gasteiger charge is 2.20. The van der Waals surface area contributed by atoms with E-state index in [1.165, 1.54) is 11.3 Å². The van der Waals surface area contributed by atoms with E-state index in [1.54, 1.807) is 41.5 Å². The van der Waals surface area contributed by atoms with Gasteiger partial charge < -0.3 is 14.4 Å². The number of hydrogen-bond acceptors (Lipinski definition) is 6. The van der Waals surface area contributed by atoms with Crippen LogP contribution in [0.5, 0.6) is 5.75 Å². The Balaban J connectivity index is 1.74. The number of methoxy groups -OCH3 is 1. The molecule has 0 aliphatic heterocycles. The van der Waals surface area contributed by atoms with Crippen molar-refractivity contribution >= 4 is 40.2 Å². The van der Waals surface area contributed by atoms with Gasteiger partial charge in [-0.15, -0.1) is 22.7 Å². The summed E-state index contributed by atoms with van der Waals surface area (Å²) in [7, 11) is 1.59. The Morgan fingerprint density at radius 1 is 1.11 bits per heavy atom. The second kappa shape index (κ2) is 9.03. The number of aryl methyl sites for hydroxylation is 2. The molecule has 0 saturated heterocycles. The monoisotopic (exact) mass is 415 g/mol. The van der Waals surface area contributed by atoms with Gasteiger partial charge >= 0.3 is 5.97 Å². The van der Waals surface area contributed by atoms with Crippen LogP contribution in [0.4, 0.5) is 5.69 Å². The molecule has 0 aliphatic carbocycles. The van der Waals surface area contributed by atoms with Gasteiger partial charge in [-0.3, -0.25) is 4.79 Å². The number of amides is 1. The van der Waals surface area contributed by atoms with Gasteiger partial charge in [0.2, 0.25) is 0 Å². The summed E-state index contributed by atoms with van der Waals surface area (Å²) in [6.45, 7) is 3.91. The van der Waals surface area contributed by atoms with Gasteiger partial charge in [0.05, 0.1) is 19.2 Å². The summed E-state index contributed by atoms with van der Waals surface area (Å²) in [5.41, 5.74) is 1.24. The average Bonchev–Trinajstić information content (AvgIpc) is 3.33. The Kier molecular flexibility index (Phi) is 6.49. The molecule has 3 aromatic rings. The van der Waals surface area contributed by atoms with Gasteiger partial charge in [0.25, 0.3) is 5.91 Å². The highest BCUT2D eigenvalue weighted by Crippen LogP contribution is 2.24. The molecule has 1 aromatic carbocycles. The first kappa shape index (κ1) is 20.1. The lowest BCUT2D eigenvalue weighted by atomic mass is 10.2. The molecule has 0 fully saturated rings. The molecule has 2 heterocycles. The summed E-state index contributed by atoms with van der Waals surface area (Å²) in [5, 5.41) is 1.97. The molecule has 0 unspecified atom stereocenters. The Labute approximate surface area is 172 Å². The zero-order valence-electron chi connectivity index (χ0n) is 15.9. The van der Waals surface area contributed by atoms with E-state index in [0.717, 1.165) is 20.3 Å². The summed E-state index contributed by atoms with van der Waals surface area (Å²) in [4.78, 5) is 29.8. The van der Waals surface area contributed by atoms with E-state index in [0.29, 0.717) is 17.9 Å². The third-order valence-electron chi connectivity index (χ3n) is 4.17. The van der Waals surface area contributed by atoms with Crippen molar-refractivity contribution in [3.63, 3.8) is 0 Å². The Bertz CT molecular complexity index is 945. The third kappa shape index (κ3) is 4.79. The van der Waals surface area contributed by atoms with Crippen LogP contribution < -0.4 is 9.64 Å². The van der Waals surface area contributed by atoms with Crippen LogP contribution in [0.15, 0.2) is 47.8 Å². The van der Waals surface area contributed by atoms with Crippen molar-refractivity contribution in [2.45, 2.75) is 20.4 Å². The van der Waals surface area contributed by atoms with Gasteiger partial charge in [0.1, 0.15) is 5.75 Å². The average molecular weight is 416 g/mol. The second-order valence-corrected chi connectivity index (χ2v) is 8.65. The molecule has 146 valence electrons. The van der Waals surface area contributed by atoms with E-state index < -0.39 is 5.97 Å². The molecule has 0 aliphatic rings. The van der Waals surface area contributed by atoms with Crippen LogP contribution in [-0.2, 0) is 16.1 Å². The Hall–Kier alpha value is -2.64. The van der Waals surface area contributed by atoms with Crippen LogP contribution in [0, 0.1) is 13.8 Å². The molecule has 0 spiro atoms. The number of carbonyl (C=O) groups excluding carboxylic acids is 2. The first-order valence-corrected chi connectivity index (χ1v) is 10.4. The number of esters is 1. The number of carbonyl (C=O) groups is 2. The third-order valence-corrected chi connectivity index (χ3v) is 5.99. The van der Waals surface area contributed by atoms with E-state index >= 15 is 0 Å². The van der Waals surface area contributed by atoms with Crippen LogP contribution in [0.2, 0.25) is 0 Å². The normalized spacial score (nSPS) is 10.5.